The third-order valence-corrected chi connectivity index (χ3v) is 4.26. The van der Waals surface area contributed by atoms with E-state index in [4.69, 9.17) is 0 Å². The van der Waals surface area contributed by atoms with Crippen molar-refractivity contribution in [3.05, 3.63) is 46.2 Å². The molecule has 1 aromatic heterocycles. The Bertz CT molecular complexity index is 682. The molecule has 0 N–H and O–H groups in total. The Kier molecular flexibility index (Phi) is 4.05. The molecule has 0 amide bonds. The molecule has 0 aliphatic carbocycles. The van der Waals surface area contributed by atoms with Gasteiger partial charge in [0.25, 0.3) is 0 Å². The molecule has 2 aromatic rings. The monoisotopic (exact) mass is 343 g/mol. The van der Waals surface area contributed by atoms with E-state index in [0.29, 0.717) is 5.69 Å². The minimum Gasteiger partial charge on any atom is -0.245 e. The first kappa shape index (κ1) is 14.2. The van der Waals surface area contributed by atoms with Gasteiger partial charge in [-0.2, -0.15) is 0 Å². The van der Waals surface area contributed by atoms with Crippen LogP contribution in [0.15, 0.2) is 34.9 Å². The van der Waals surface area contributed by atoms with Crippen molar-refractivity contribution in [1.29, 1.82) is 0 Å². The summed E-state index contributed by atoms with van der Waals surface area (Å²) < 4.78 is 25.1. The van der Waals surface area contributed by atoms with Crippen molar-refractivity contribution in [3.8, 4) is 0 Å². The molecule has 0 aliphatic heterocycles. The molecule has 0 saturated carbocycles. The molecule has 0 bridgehead atoms. The number of sulfone groups is 1. The van der Waals surface area contributed by atoms with Gasteiger partial charge in [-0.1, -0.05) is 39.3 Å². The summed E-state index contributed by atoms with van der Waals surface area (Å²) in [6.45, 7) is 1.99. The Hall–Kier alpha value is -1.21. The first-order valence-electron chi connectivity index (χ1n) is 5.69. The summed E-state index contributed by atoms with van der Waals surface area (Å²) >= 11 is 3.49. The van der Waals surface area contributed by atoms with Gasteiger partial charge in [0.05, 0.1) is 23.7 Å². The Labute approximate surface area is 120 Å². The van der Waals surface area contributed by atoms with Crippen LogP contribution in [0, 0.1) is 0 Å². The van der Waals surface area contributed by atoms with E-state index in [-0.39, 0.29) is 11.8 Å². The molecule has 19 heavy (non-hydrogen) atoms. The molecule has 0 fully saturated rings. The van der Waals surface area contributed by atoms with Crippen LogP contribution in [0.2, 0.25) is 0 Å². The Morgan fingerprint density at radius 3 is 2.68 bits per heavy atom. The lowest BCUT2D eigenvalue weighted by atomic mass is 10.1. The normalized spacial score (nSPS) is 13.4. The van der Waals surface area contributed by atoms with Crippen LogP contribution in [-0.2, 0) is 15.6 Å². The van der Waals surface area contributed by atoms with Gasteiger partial charge < -0.3 is 0 Å². The summed E-state index contributed by atoms with van der Waals surface area (Å²) in [6.07, 6.45) is 2.86. The van der Waals surface area contributed by atoms with Crippen LogP contribution in [0.4, 0.5) is 0 Å². The second kappa shape index (κ2) is 5.42. The highest BCUT2D eigenvalue weighted by atomic mass is 79.9. The van der Waals surface area contributed by atoms with Gasteiger partial charge in [-0.25, -0.2) is 13.1 Å². The summed E-state index contributed by atoms with van der Waals surface area (Å²) in [7, 11) is -3.09. The number of hydrogen-bond acceptors (Lipinski definition) is 4. The topological polar surface area (TPSA) is 64.8 Å². The molecule has 0 aliphatic rings. The van der Waals surface area contributed by atoms with Crippen molar-refractivity contribution < 1.29 is 8.42 Å². The van der Waals surface area contributed by atoms with Gasteiger partial charge >= 0.3 is 0 Å². The summed E-state index contributed by atoms with van der Waals surface area (Å²) in [4.78, 5) is 0. The van der Waals surface area contributed by atoms with E-state index >= 15 is 0 Å². The van der Waals surface area contributed by atoms with Crippen LogP contribution in [-0.4, -0.2) is 29.7 Å². The molecule has 5 nitrogen and oxygen atoms in total. The predicted molar refractivity (Wildman–Crippen MR) is 76.5 cm³/mol. The van der Waals surface area contributed by atoms with Crippen LogP contribution < -0.4 is 0 Å². The van der Waals surface area contributed by atoms with Gasteiger partial charge in [-0.15, -0.1) is 5.10 Å². The number of rotatable bonds is 4. The van der Waals surface area contributed by atoms with Gasteiger partial charge in [0.15, 0.2) is 9.84 Å². The molecule has 0 unspecified atom stereocenters. The average molecular weight is 344 g/mol. The molecule has 2 rings (SSSR count). The van der Waals surface area contributed by atoms with Crippen molar-refractivity contribution in [2.75, 3.05) is 6.26 Å². The molecule has 0 spiro atoms. The fraction of sp³-hybridized carbons (Fsp3) is 0.333. The standard InChI is InChI=1S/C12H14BrN3O2S/c1-9(11-5-3-4-6-12(11)13)16-7-10(14-15-16)8-19(2,17)18/h3-7,9H,8H2,1-2H3/t9-/m0/s1. The van der Waals surface area contributed by atoms with Gasteiger partial charge in [0, 0.05) is 10.7 Å². The maximum Gasteiger partial charge on any atom is 0.153 e. The minimum atomic E-state index is -3.09. The lowest BCUT2D eigenvalue weighted by Gasteiger charge is -2.13. The van der Waals surface area contributed by atoms with E-state index in [1.54, 1.807) is 10.9 Å². The molecule has 102 valence electrons. The maximum atomic E-state index is 11.2. The van der Waals surface area contributed by atoms with E-state index in [1.807, 2.05) is 31.2 Å². The third-order valence-electron chi connectivity index (χ3n) is 2.72. The van der Waals surface area contributed by atoms with Crippen molar-refractivity contribution in [2.24, 2.45) is 0 Å². The fourth-order valence-corrected chi connectivity index (χ4v) is 3.08. The van der Waals surface area contributed by atoms with Gasteiger partial charge in [0.2, 0.25) is 0 Å². The molecular formula is C12H14BrN3O2S. The lowest BCUT2D eigenvalue weighted by Crippen LogP contribution is -2.08. The zero-order valence-electron chi connectivity index (χ0n) is 10.6. The number of hydrogen-bond donors (Lipinski definition) is 0. The SMILES string of the molecule is C[C@@H](c1ccccc1Br)n1cc(CS(C)(=O)=O)nn1. The largest absolute Gasteiger partial charge is 0.245 e. The second-order valence-corrected chi connectivity index (χ2v) is 7.45. The predicted octanol–water partition coefficient (Wildman–Crippen LogP) is 2.19. The van der Waals surface area contributed by atoms with Crippen LogP contribution in [0.25, 0.3) is 0 Å². The Balaban J connectivity index is 2.26. The quantitative estimate of drug-likeness (QED) is 0.853. The molecule has 1 aromatic carbocycles. The van der Waals surface area contributed by atoms with Crippen LogP contribution in [0.3, 0.4) is 0 Å². The van der Waals surface area contributed by atoms with E-state index in [0.717, 1.165) is 10.0 Å². The smallest absolute Gasteiger partial charge is 0.153 e. The van der Waals surface area contributed by atoms with Crippen molar-refractivity contribution in [2.45, 2.75) is 18.7 Å². The lowest BCUT2D eigenvalue weighted by molar-refractivity contribution is 0.541. The summed E-state index contributed by atoms with van der Waals surface area (Å²) in [5.41, 5.74) is 1.53. The average Bonchev–Trinajstić information content (AvgIpc) is 2.75. The van der Waals surface area contributed by atoms with Crippen LogP contribution in [0.5, 0.6) is 0 Å². The van der Waals surface area contributed by atoms with E-state index in [2.05, 4.69) is 26.2 Å². The number of benzene rings is 1. The number of halogens is 1. The van der Waals surface area contributed by atoms with Crippen LogP contribution in [0.1, 0.15) is 24.2 Å². The van der Waals surface area contributed by atoms with E-state index < -0.39 is 9.84 Å². The molecule has 0 radical (unpaired) electrons. The molecule has 1 atom stereocenters. The van der Waals surface area contributed by atoms with Crippen molar-refractivity contribution in [3.63, 3.8) is 0 Å². The highest BCUT2D eigenvalue weighted by Gasteiger charge is 2.14. The summed E-state index contributed by atoms with van der Waals surface area (Å²) in [6, 6.07) is 7.82. The van der Waals surface area contributed by atoms with E-state index in [1.165, 1.54) is 6.26 Å². The molecule has 7 heteroatoms. The minimum absolute atomic E-state index is 0.0172. The third kappa shape index (κ3) is 3.63. The fourth-order valence-electron chi connectivity index (χ4n) is 1.79. The number of nitrogens with zero attached hydrogens (tertiary/aromatic N) is 3. The number of aromatic nitrogens is 3. The summed E-state index contributed by atoms with van der Waals surface area (Å²) in [5.74, 6) is -0.0876. The Morgan fingerprint density at radius 1 is 1.37 bits per heavy atom. The van der Waals surface area contributed by atoms with Crippen molar-refractivity contribution in [1.82, 2.24) is 15.0 Å². The zero-order valence-corrected chi connectivity index (χ0v) is 13.0. The van der Waals surface area contributed by atoms with Crippen LogP contribution >= 0.6 is 15.9 Å². The maximum absolute atomic E-state index is 11.2. The zero-order chi connectivity index (χ0) is 14.0. The molecule has 1 heterocycles. The second-order valence-electron chi connectivity index (χ2n) is 4.46. The first-order chi connectivity index (χ1) is 8.87. The van der Waals surface area contributed by atoms with E-state index in [9.17, 15) is 8.42 Å². The van der Waals surface area contributed by atoms with Gasteiger partial charge in [0.1, 0.15) is 0 Å². The van der Waals surface area contributed by atoms with Gasteiger partial charge in [-0.05, 0) is 18.6 Å². The summed E-state index contributed by atoms with van der Waals surface area (Å²) in [5, 5.41) is 7.90. The van der Waals surface area contributed by atoms with Crippen molar-refractivity contribution >= 4 is 25.8 Å². The highest BCUT2D eigenvalue weighted by Crippen LogP contribution is 2.25. The van der Waals surface area contributed by atoms with Gasteiger partial charge in [-0.3, -0.25) is 0 Å². The highest BCUT2D eigenvalue weighted by molar-refractivity contribution is 9.10. The first-order valence-corrected chi connectivity index (χ1v) is 8.55. The molecule has 0 saturated heterocycles. The Morgan fingerprint density at radius 2 is 2.05 bits per heavy atom. The molecular weight excluding hydrogens is 330 g/mol.